The molecule has 4 N–H and O–H groups in total. The molecule has 1 aromatic rings. The summed E-state index contributed by atoms with van der Waals surface area (Å²) in [5.41, 5.74) is -4.16. The summed E-state index contributed by atoms with van der Waals surface area (Å²) >= 11 is 0. The lowest BCUT2D eigenvalue weighted by molar-refractivity contribution is -0.199. The number of aliphatic hydroxyl groups excluding tert-OH is 2. The van der Waals surface area contributed by atoms with Crippen LogP contribution in [0.2, 0.25) is 0 Å². The normalized spacial score (nSPS) is 32.2. The molecule has 2 heterocycles. The number of aromatic amines is 1. The fraction of sp³-hybridized carbons (Fsp3) is 0.545. The molecule has 2 rings (SSSR count). The van der Waals surface area contributed by atoms with Crippen LogP contribution in [0.1, 0.15) is 0 Å². The van der Waals surface area contributed by atoms with Crippen LogP contribution in [0.25, 0.3) is 0 Å². The molecule has 4 atom stereocenters. The van der Waals surface area contributed by atoms with Gasteiger partial charge in [-0.15, -0.1) is 0 Å². The Balaban J connectivity index is 2.68. The zero-order chi connectivity index (χ0) is 15.8. The Morgan fingerprint density at radius 3 is 2.71 bits per heavy atom. The minimum absolute atomic E-state index is 0.601. The van der Waals surface area contributed by atoms with Crippen LogP contribution in [0.4, 0.5) is 0 Å². The predicted octanol–water partition coefficient (Wildman–Crippen LogP) is -2.96. The molecule has 0 spiro atoms. The lowest BCUT2D eigenvalue weighted by atomic mass is 10.0. The van der Waals surface area contributed by atoms with Gasteiger partial charge in [-0.25, -0.2) is 9.59 Å². The number of carbonyl (C=O) groups is 1. The fourth-order valence-corrected chi connectivity index (χ4v) is 2.39. The van der Waals surface area contributed by atoms with Gasteiger partial charge in [0.15, 0.2) is 0 Å². The van der Waals surface area contributed by atoms with Crippen LogP contribution in [0.5, 0.6) is 0 Å². The second kappa shape index (κ2) is 5.41. The van der Waals surface area contributed by atoms with Crippen molar-refractivity contribution in [2.24, 2.45) is 0 Å². The van der Waals surface area contributed by atoms with Gasteiger partial charge in [0.05, 0.1) is 6.61 Å². The first-order valence-corrected chi connectivity index (χ1v) is 5.94. The first-order valence-electron chi connectivity index (χ1n) is 5.94. The smallest absolute Gasteiger partial charge is 0.361 e. The number of nitrogens with zero attached hydrogens (tertiary/aromatic N) is 1. The van der Waals surface area contributed by atoms with Gasteiger partial charge in [0, 0.05) is 19.4 Å². The standard InChI is InChI=1S/C11H14N2O8/c1-20-8-7(16)5(4-14)21-11(8,9(17)18)13-3-2-6(15)12-10(13)19/h2-3,5,7-8,14,16H,4H2,1H3,(H,17,18)(H,12,15,19)/t5-,7-,8-,11+/m1/s1. The molecule has 0 aliphatic carbocycles. The van der Waals surface area contributed by atoms with E-state index >= 15 is 0 Å². The first-order chi connectivity index (χ1) is 9.88. The zero-order valence-electron chi connectivity index (χ0n) is 10.9. The molecular weight excluding hydrogens is 288 g/mol. The largest absolute Gasteiger partial charge is 0.478 e. The molecule has 116 valence electrons. The highest BCUT2D eigenvalue weighted by Gasteiger charge is 2.62. The molecule has 10 heteroatoms. The second-order valence-corrected chi connectivity index (χ2v) is 4.47. The van der Waals surface area contributed by atoms with E-state index in [0.29, 0.717) is 4.57 Å². The number of H-pyrrole nitrogens is 1. The summed E-state index contributed by atoms with van der Waals surface area (Å²) in [6.07, 6.45) is -3.27. The second-order valence-electron chi connectivity index (χ2n) is 4.47. The van der Waals surface area contributed by atoms with E-state index in [9.17, 15) is 24.6 Å². The third kappa shape index (κ3) is 2.17. The Hall–Kier alpha value is -2.01. The highest BCUT2D eigenvalue weighted by molar-refractivity contribution is 5.76. The van der Waals surface area contributed by atoms with Gasteiger partial charge < -0.3 is 24.8 Å². The van der Waals surface area contributed by atoms with Crippen LogP contribution >= 0.6 is 0 Å². The maximum Gasteiger partial charge on any atom is 0.361 e. The Morgan fingerprint density at radius 2 is 2.24 bits per heavy atom. The lowest BCUT2D eigenvalue weighted by Gasteiger charge is -2.30. The number of carboxylic acids is 1. The maximum atomic E-state index is 11.9. The SMILES string of the molecule is CO[C@@H]1[C@H](O)[C@@H](CO)O[C@@]1(C(=O)O)n1ccc(=O)[nH]c1=O. The van der Waals surface area contributed by atoms with Crippen molar-refractivity contribution in [3.8, 4) is 0 Å². The van der Waals surface area contributed by atoms with Crippen molar-refractivity contribution in [1.82, 2.24) is 9.55 Å². The average molecular weight is 302 g/mol. The Kier molecular flexibility index (Phi) is 3.96. The number of carboxylic acid groups (broad SMARTS) is 1. The highest BCUT2D eigenvalue weighted by Crippen LogP contribution is 2.36. The van der Waals surface area contributed by atoms with Crippen LogP contribution in [0.3, 0.4) is 0 Å². The average Bonchev–Trinajstić information content (AvgIpc) is 2.72. The number of hydrogen-bond acceptors (Lipinski definition) is 7. The van der Waals surface area contributed by atoms with E-state index in [2.05, 4.69) is 0 Å². The maximum absolute atomic E-state index is 11.9. The Morgan fingerprint density at radius 1 is 1.57 bits per heavy atom. The fourth-order valence-electron chi connectivity index (χ4n) is 2.39. The van der Waals surface area contributed by atoms with Gasteiger partial charge in [0.1, 0.15) is 18.3 Å². The molecular formula is C11H14N2O8. The summed E-state index contributed by atoms with van der Waals surface area (Å²) in [4.78, 5) is 36.5. The summed E-state index contributed by atoms with van der Waals surface area (Å²) in [5.74, 6) is -1.61. The van der Waals surface area contributed by atoms with Crippen molar-refractivity contribution in [2.75, 3.05) is 13.7 Å². The van der Waals surface area contributed by atoms with Crippen molar-refractivity contribution >= 4 is 5.97 Å². The van der Waals surface area contributed by atoms with Gasteiger partial charge in [-0.1, -0.05) is 0 Å². The molecule has 1 aliphatic rings. The van der Waals surface area contributed by atoms with E-state index in [0.717, 1.165) is 19.4 Å². The van der Waals surface area contributed by atoms with Crippen molar-refractivity contribution in [3.05, 3.63) is 33.1 Å². The summed E-state index contributed by atoms with van der Waals surface area (Å²) in [7, 11) is 1.13. The summed E-state index contributed by atoms with van der Waals surface area (Å²) < 4.78 is 10.8. The van der Waals surface area contributed by atoms with Crippen molar-refractivity contribution in [1.29, 1.82) is 0 Å². The summed E-state index contributed by atoms with van der Waals surface area (Å²) in [6, 6.07) is 0.931. The van der Waals surface area contributed by atoms with Crippen LogP contribution in [-0.4, -0.2) is 62.9 Å². The predicted molar refractivity (Wildman–Crippen MR) is 65.7 cm³/mol. The van der Waals surface area contributed by atoms with Crippen LogP contribution in [0, 0.1) is 0 Å². The number of rotatable bonds is 4. The topological polar surface area (TPSA) is 151 Å². The quantitative estimate of drug-likeness (QED) is 0.460. The van der Waals surface area contributed by atoms with Gasteiger partial charge in [0.2, 0.25) is 0 Å². The highest BCUT2D eigenvalue weighted by atomic mass is 16.6. The molecule has 10 nitrogen and oxygen atoms in total. The van der Waals surface area contributed by atoms with E-state index in [1.807, 2.05) is 4.98 Å². The molecule has 1 fully saturated rings. The Labute approximate surface area is 117 Å². The van der Waals surface area contributed by atoms with Crippen molar-refractivity contribution in [3.63, 3.8) is 0 Å². The number of aliphatic carboxylic acids is 1. The summed E-state index contributed by atoms with van der Waals surface area (Å²) in [5, 5.41) is 28.6. The van der Waals surface area contributed by atoms with Gasteiger partial charge >= 0.3 is 11.7 Å². The molecule has 1 aromatic heterocycles. The van der Waals surface area contributed by atoms with Crippen molar-refractivity contribution in [2.45, 2.75) is 24.0 Å². The third-order valence-corrected chi connectivity index (χ3v) is 3.33. The Bertz CT molecular complexity index is 652. The molecule has 21 heavy (non-hydrogen) atoms. The van der Waals surface area contributed by atoms with Crippen molar-refractivity contribution < 1.29 is 29.6 Å². The number of nitrogens with one attached hydrogen (secondary N) is 1. The molecule has 0 radical (unpaired) electrons. The molecule has 0 amide bonds. The van der Waals surface area contributed by atoms with Gasteiger partial charge in [-0.2, -0.15) is 0 Å². The van der Waals surface area contributed by atoms with Crippen LogP contribution in [-0.2, 0) is 20.0 Å². The van der Waals surface area contributed by atoms with Crippen LogP contribution in [0.15, 0.2) is 21.9 Å². The molecule has 1 aliphatic heterocycles. The molecule has 1 saturated heterocycles. The monoisotopic (exact) mass is 302 g/mol. The van der Waals surface area contributed by atoms with E-state index in [-0.39, 0.29) is 0 Å². The van der Waals surface area contributed by atoms with Crippen LogP contribution < -0.4 is 11.2 Å². The number of aliphatic hydroxyl groups is 2. The third-order valence-electron chi connectivity index (χ3n) is 3.33. The van der Waals surface area contributed by atoms with E-state index < -0.39 is 47.9 Å². The minimum atomic E-state index is -2.40. The summed E-state index contributed by atoms with van der Waals surface area (Å²) in [6.45, 7) is -0.672. The van der Waals surface area contributed by atoms with E-state index in [1.165, 1.54) is 0 Å². The number of hydrogen-bond donors (Lipinski definition) is 4. The first kappa shape index (κ1) is 15.4. The van der Waals surface area contributed by atoms with Gasteiger partial charge in [-0.05, 0) is 0 Å². The van der Waals surface area contributed by atoms with E-state index in [1.54, 1.807) is 0 Å². The van der Waals surface area contributed by atoms with Gasteiger partial charge in [-0.3, -0.25) is 14.3 Å². The molecule has 0 bridgehead atoms. The zero-order valence-corrected chi connectivity index (χ0v) is 10.9. The molecule has 0 aromatic carbocycles. The number of ether oxygens (including phenoxy) is 2. The molecule has 0 unspecified atom stereocenters. The molecule has 0 saturated carbocycles. The number of aromatic nitrogens is 2. The number of methoxy groups -OCH3 is 1. The lowest BCUT2D eigenvalue weighted by Crippen LogP contribution is -2.57. The van der Waals surface area contributed by atoms with E-state index in [4.69, 9.17) is 14.6 Å². The van der Waals surface area contributed by atoms with Gasteiger partial charge in [0.25, 0.3) is 11.3 Å². The minimum Gasteiger partial charge on any atom is -0.478 e.